The summed E-state index contributed by atoms with van der Waals surface area (Å²) >= 11 is 1.73. The van der Waals surface area contributed by atoms with E-state index in [9.17, 15) is 0 Å². The minimum Gasteiger partial charge on any atom is -0.468 e. The molecule has 0 aliphatic heterocycles. The third kappa shape index (κ3) is 1.78. The third-order valence-electron chi connectivity index (χ3n) is 1.19. The van der Waals surface area contributed by atoms with Crippen molar-refractivity contribution in [1.29, 1.82) is 0 Å². The first kappa shape index (κ1) is 7.69. The molecule has 1 heterocycles. The summed E-state index contributed by atoms with van der Waals surface area (Å²) in [5.74, 6) is 1.94. The molecule has 0 unspecified atom stereocenters. The van der Waals surface area contributed by atoms with Gasteiger partial charge >= 0.3 is 0 Å². The van der Waals surface area contributed by atoms with Gasteiger partial charge in [-0.2, -0.15) is 0 Å². The Hall–Kier alpha value is -0.410. The van der Waals surface area contributed by atoms with Crippen molar-refractivity contribution in [2.24, 2.45) is 5.73 Å². The Morgan fingerprint density at radius 3 is 3.00 bits per heavy atom. The number of hydrogen-bond acceptors (Lipinski definition) is 3. The van der Waals surface area contributed by atoms with Gasteiger partial charge < -0.3 is 10.2 Å². The van der Waals surface area contributed by atoms with Gasteiger partial charge in [0, 0.05) is 17.2 Å². The van der Waals surface area contributed by atoms with E-state index in [2.05, 4.69) is 0 Å². The summed E-state index contributed by atoms with van der Waals surface area (Å²) < 4.78 is 5.10. The normalized spacial score (nSPS) is 10.2. The molecular weight excluding hydrogens is 146 g/mol. The van der Waals surface area contributed by atoms with Crippen LogP contribution in [0.15, 0.2) is 21.6 Å². The molecule has 0 fully saturated rings. The lowest BCUT2D eigenvalue weighted by atomic mass is 10.5. The van der Waals surface area contributed by atoms with E-state index in [1.165, 1.54) is 4.90 Å². The molecule has 0 saturated heterocycles. The van der Waals surface area contributed by atoms with Crippen molar-refractivity contribution in [2.75, 3.05) is 12.3 Å². The Morgan fingerprint density at radius 2 is 2.50 bits per heavy atom. The standard InChI is InChI=1S/C7H11NOS/c1-6-7(2-4-9-6)10-5-3-8/h2,4H,3,5,8H2,1H3. The van der Waals surface area contributed by atoms with Crippen LogP contribution in [-0.2, 0) is 0 Å². The zero-order valence-corrected chi connectivity index (χ0v) is 6.78. The number of rotatable bonds is 3. The van der Waals surface area contributed by atoms with E-state index in [-0.39, 0.29) is 0 Å². The summed E-state index contributed by atoms with van der Waals surface area (Å²) in [7, 11) is 0. The SMILES string of the molecule is Cc1occc1SCCN. The van der Waals surface area contributed by atoms with Crippen molar-refractivity contribution in [1.82, 2.24) is 0 Å². The maximum Gasteiger partial charge on any atom is 0.114 e. The van der Waals surface area contributed by atoms with Crippen LogP contribution in [0.3, 0.4) is 0 Å². The lowest BCUT2D eigenvalue weighted by molar-refractivity contribution is 0.527. The Kier molecular flexibility index (Phi) is 2.83. The fourth-order valence-corrected chi connectivity index (χ4v) is 1.43. The fourth-order valence-electron chi connectivity index (χ4n) is 0.692. The third-order valence-corrected chi connectivity index (χ3v) is 2.36. The molecule has 0 amide bonds. The zero-order valence-electron chi connectivity index (χ0n) is 5.96. The van der Waals surface area contributed by atoms with Gasteiger partial charge in [0.25, 0.3) is 0 Å². The molecule has 0 bridgehead atoms. The second-order valence-electron chi connectivity index (χ2n) is 1.98. The van der Waals surface area contributed by atoms with Crippen molar-refractivity contribution in [2.45, 2.75) is 11.8 Å². The van der Waals surface area contributed by atoms with Crippen molar-refractivity contribution >= 4 is 11.8 Å². The van der Waals surface area contributed by atoms with Crippen molar-refractivity contribution in [3.05, 3.63) is 18.1 Å². The smallest absolute Gasteiger partial charge is 0.114 e. The van der Waals surface area contributed by atoms with Crippen LogP contribution in [0.5, 0.6) is 0 Å². The summed E-state index contributed by atoms with van der Waals surface area (Å²) in [6.07, 6.45) is 1.70. The highest BCUT2D eigenvalue weighted by molar-refractivity contribution is 7.99. The van der Waals surface area contributed by atoms with E-state index in [4.69, 9.17) is 10.2 Å². The molecule has 2 N–H and O–H groups in total. The van der Waals surface area contributed by atoms with Gasteiger partial charge in [-0.25, -0.2) is 0 Å². The Morgan fingerprint density at radius 1 is 1.70 bits per heavy atom. The molecule has 0 spiro atoms. The predicted molar refractivity (Wildman–Crippen MR) is 43.2 cm³/mol. The Labute approximate surface area is 64.8 Å². The first-order chi connectivity index (χ1) is 4.84. The molecule has 1 rings (SSSR count). The number of furan rings is 1. The predicted octanol–water partition coefficient (Wildman–Crippen LogP) is 1.64. The molecule has 0 aliphatic carbocycles. The summed E-state index contributed by atoms with van der Waals surface area (Å²) in [5.41, 5.74) is 5.34. The van der Waals surface area contributed by atoms with Crippen LogP contribution in [0, 0.1) is 6.92 Å². The van der Waals surface area contributed by atoms with Gasteiger partial charge in [0.15, 0.2) is 0 Å². The van der Waals surface area contributed by atoms with Crippen molar-refractivity contribution in [3.8, 4) is 0 Å². The van der Waals surface area contributed by atoms with E-state index in [1.807, 2.05) is 13.0 Å². The van der Waals surface area contributed by atoms with Gasteiger partial charge in [-0.05, 0) is 13.0 Å². The molecule has 56 valence electrons. The first-order valence-corrected chi connectivity index (χ1v) is 4.20. The van der Waals surface area contributed by atoms with Crippen LogP contribution >= 0.6 is 11.8 Å². The van der Waals surface area contributed by atoms with Crippen LogP contribution in [-0.4, -0.2) is 12.3 Å². The van der Waals surface area contributed by atoms with Gasteiger partial charge in [0.05, 0.1) is 6.26 Å². The fraction of sp³-hybridized carbons (Fsp3) is 0.429. The summed E-state index contributed by atoms with van der Waals surface area (Å²) in [6.45, 7) is 2.67. The van der Waals surface area contributed by atoms with E-state index >= 15 is 0 Å². The number of hydrogen-bond donors (Lipinski definition) is 1. The molecule has 0 aliphatic rings. The topological polar surface area (TPSA) is 39.2 Å². The second-order valence-corrected chi connectivity index (χ2v) is 3.11. The van der Waals surface area contributed by atoms with Crippen LogP contribution in [0.1, 0.15) is 5.76 Å². The Bertz CT molecular complexity index is 197. The van der Waals surface area contributed by atoms with Gasteiger partial charge in [0.1, 0.15) is 5.76 Å². The maximum absolute atomic E-state index is 5.34. The van der Waals surface area contributed by atoms with Gasteiger partial charge in [-0.1, -0.05) is 0 Å². The average Bonchev–Trinajstić information content (AvgIpc) is 2.31. The average molecular weight is 157 g/mol. The molecule has 3 heteroatoms. The van der Waals surface area contributed by atoms with Gasteiger partial charge in [-0.15, -0.1) is 11.8 Å². The van der Waals surface area contributed by atoms with Crippen LogP contribution in [0.25, 0.3) is 0 Å². The van der Waals surface area contributed by atoms with E-state index in [0.29, 0.717) is 0 Å². The van der Waals surface area contributed by atoms with Gasteiger partial charge in [-0.3, -0.25) is 0 Å². The molecule has 2 nitrogen and oxygen atoms in total. The molecule has 0 saturated carbocycles. The highest BCUT2D eigenvalue weighted by Crippen LogP contribution is 2.21. The lowest BCUT2D eigenvalue weighted by Crippen LogP contribution is -2.00. The minimum atomic E-state index is 0.718. The monoisotopic (exact) mass is 157 g/mol. The molecule has 10 heavy (non-hydrogen) atoms. The minimum absolute atomic E-state index is 0.718. The van der Waals surface area contributed by atoms with Crippen LogP contribution in [0.4, 0.5) is 0 Å². The number of thioether (sulfide) groups is 1. The van der Waals surface area contributed by atoms with E-state index < -0.39 is 0 Å². The molecular formula is C7H11NOS. The maximum atomic E-state index is 5.34. The van der Waals surface area contributed by atoms with Crippen molar-refractivity contribution < 1.29 is 4.42 Å². The lowest BCUT2D eigenvalue weighted by Gasteiger charge is -1.94. The van der Waals surface area contributed by atoms with Crippen molar-refractivity contribution in [3.63, 3.8) is 0 Å². The highest BCUT2D eigenvalue weighted by atomic mass is 32.2. The Balaban J connectivity index is 2.49. The molecule has 0 atom stereocenters. The van der Waals surface area contributed by atoms with E-state index in [1.54, 1.807) is 18.0 Å². The molecule has 0 radical (unpaired) electrons. The van der Waals surface area contributed by atoms with Crippen LogP contribution in [0.2, 0.25) is 0 Å². The summed E-state index contributed by atoms with van der Waals surface area (Å²) in [6, 6.07) is 1.97. The molecule has 0 aromatic carbocycles. The van der Waals surface area contributed by atoms with Crippen LogP contribution < -0.4 is 5.73 Å². The largest absolute Gasteiger partial charge is 0.468 e. The van der Waals surface area contributed by atoms with Gasteiger partial charge in [0.2, 0.25) is 0 Å². The molecule has 1 aromatic heterocycles. The quantitative estimate of drug-likeness (QED) is 0.678. The summed E-state index contributed by atoms with van der Waals surface area (Å²) in [4.78, 5) is 1.20. The molecule has 1 aromatic rings. The first-order valence-electron chi connectivity index (χ1n) is 3.21. The number of aryl methyl sites for hydroxylation is 1. The highest BCUT2D eigenvalue weighted by Gasteiger charge is 1.98. The second kappa shape index (κ2) is 3.68. The van der Waals surface area contributed by atoms with E-state index in [0.717, 1.165) is 18.1 Å². The summed E-state index contributed by atoms with van der Waals surface area (Å²) in [5, 5.41) is 0. The zero-order chi connectivity index (χ0) is 7.40. The number of nitrogens with two attached hydrogens (primary N) is 1.